The highest BCUT2D eigenvalue weighted by atomic mass is 28.4. The van der Waals surface area contributed by atoms with Gasteiger partial charge in [-0.3, -0.25) is 4.79 Å². The van der Waals surface area contributed by atoms with Crippen LogP contribution in [0.3, 0.4) is 0 Å². The summed E-state index contributed by atoms with van der Waals surface area (Å²) in [6.07, 6.45) is 0.234. The molecule has 1 fully saturated rings. The second kappa shape index (κ2) is 8.45. The van der Waals surface area contributed by atoms with Gasteiger partial charge < -0.3 is 9.16 Å². The molecule has 6 heteroatoms. The van der Waals surface area contributed by atoms with Crippen LogP contribution in [0, 0.1) is 0 Å². The van der Waals surface area contributed by atoms with E-state index in [1.165, 1.54) is 11.0 Å². The first kappa shape index (κ1) is 19.4. The van der Waals surface area contributed by atoms with E-state index < -0.39 is 26.6 Å². The number of hydrogen-bond acceptors (Lipinski definition) is 4. The van der Waals surface area contributed by atoms with Crippen molar-refractivity contribution in [2.24, 2.45) is 0 Å². The van der Waals surface area contributed by atoms with Crippen molar-refractivity contribution >= 4 is 20.3 Å². The molecule has 2 atom stereocenters. The second-order valence-corrected chi connectivity index (χ2v) is 10.9. The molecule has 25 heavy (non-hydrogen) atoms. The molecule has 1 heterocycles. The number of carbonyl (C=O) groups is 2. The van der Waals surface area contributed by atoms with E-state index in [2.05, 4.69) is 27.4 Å². The first-order chi connectivity index (χ1) is 12.0. The average molecular weight is 362 g/mol. The lowest BCUT2D eigenvalue weighted by molar-refractivity contribution is -0.160. The zero-order valence-corrected chi connectivity index (χ0v) is 16.2. The molecule has 0 saturated carbocycles. The van der Waals surface area contributed by atoms with E-state index >= 15 is 0 Å². The van der Waals surface area contributed by atoms with Crippen molar-refractivity contribution in [3.63, 3.8) is 0 Å². The monoisotopic (exact) mass is 361 g/mol. The number of imide groups is 1. The minimum absolute atomic E-state index is 0.0766. The highest BCUT2D eigenvalue weighted by molar-refractivity contribution is 6.73. The highest BCUT2D eigenvalue weighted by Gasteiger charge is 2.55. The van der Waals surface area contributed by atoms with Gasteiger partial charge in [-0.2, -0.15) is 0 Å². The van der Waals surface area contributed by atoms with Gasteiger partial charge >= 0.3 is 6.09 Å². The number of amides is 2. The molecule has 0 unspecified atom stereocenters. The minimum Gasteiger partial charge on any atom is -0.445 e. The zero-order valence-electron chi connectivity index (χ0n) is 15.2. The second-order valence-electron chi connectivity index (χ2n) is 6.21. The molecule has 0 radical (unpaired) electrons. The van der Waals surface area contributed by atoms with Crippen molar-refractivity contribution < 1.29 is 18.8 Å². The van der Waals surface area contributed by atoms with Crippen molar-refractivity contribution in [3.8, 4) is 0 Å². The van der Waals surface area contributed by atoms with Gasteiger partial charge in [-0.1, -0.05) is 63.8 Å². The molecule has 1 aromatic carbocycles. The maximum absolute atomic E-state index is 12.7. The number of β-lactam (4-membered cyclic amide) rings is 1. The number of carbonyl (C=O) groups excluding carboxylic acids is 2. The molecule has 136 valence electrons. The van der Waals surface area contributed by atoms with E-state index in [4.69, 9.17) is 9.16 Å². The van der Waals surface area contributed by atoms with E-state index in [0.717, 1.165) is 23.7 Å². The maximum atomic E-state index is 12.7. The van der Waals surface area contributed by atoms with E-state index in [0.29, 0.717) is 0 Å². The molecule has 0 N–H and O–H groups in total. The van der Waals surface area contributed by atoms with Crippen molar-refractivity contribution in [2.75, 3.05) is 6.61 Å². The van der Waals surface area contributed by atoms with Crippen LogP contribution in [0.1, 0.15) is 32.4 Å². The fourth-order valence-electron chi connectivity index (χ4n) is 3.22. The maximum Gasteiger partial charge on any atom is 0.417 e. The van der Waals surface area contributed by atoms with Crippen molar-refractivity contribution in [2.45, 2.75) is 51.0 Å². The third kappa shape index (κ3) is 3.85. The quantitative estimate of drug-likeness (QED) is 0.394. The molecule has 0 aromatic heterocycles. The highest BCUT2D eigenvalue weighted by Crippen LogP contribution is 2.40. The molecule has 1 aromatic rings. The van der Waals surface area contributed by atoms with Crippen LogP contribution in [0.5, 0.6) is 0 Å². The van der Waals surface area contributed by atoms with Crippen LogP contribution in [0.15, 0.2) is 43.0 Å². The summed E-state index contributed by atoms with van der Waals surface area (Å²) < 4.78 is 11.5. The van der Waals surface area contributed by atoms with Crippen molar-refractivity contribution in [1.82, 2.24) is 4.90 Å². The first-order valence-corrected chi connectivity index (χ1v) is 11.4. The molecule has 2 amide bonds. The molecule has 0 spiro atoms. The van der Waals surface area contributed by atoms with E-state index in [-0.39, 0.29) is 12.5 Å². The molecule has 2 rings (SSSR count). The van der Waals surface area contributed by atoms with E-state index in [9.17, 15) is 9.59 Å². The third-order valence-corrected chi connectivity index (χ3v) is 9.64. The molecule has 1 aliphatic heterocycles. The summed E-state index contributed by atoms with van der Waals surface area (Å²) in [5.41, 5.74) is 0.883. The number of rotatable bonds is 8. The first-order valence-electron chi connectivity index (χ1n) is 8.87. The van der Waals surface area contributed by atoms with Crippen LogP contribution < -0.4 is 0 Å². The molecular formula is C19H27NO4Si. The van der Waals surface area contributed by atoms with E-state index in [1.807, 2.05) is 30.3 Å². The van der Waals surface area contributed by atoms with Gasteiger partial charge in [0.05, 0.1) is 0 Å². The van der Waals surface area contributed by atoms with Gasteiger partial charge in [0.1, 0.15) is 12.6 Å². The Labute approximate surface area is 150 Å². The lowest BCUT2D eigenvalue weighted by Crippen LogP contribution is -2.64. The summed E-state index contributed by atoms with van der Waals surface area (Å²) in [4.78, 5) is 26.1. The predicted octanol–water partition coefficient (Wildman–Crippen LogP) is 4.28. The lowest BCUT2D eigenvalue weighted by Gasteiger charge is -2.48. The fourth-order valence-corrected chi connectivity index (χ4v) is 5.99. The molecule has 1 aliphatic rings. The zero-order chi connectivity index (χ0) is 18.4. The van der Waals surface area contributed by atoms with E-state index in [1.54, 1.807) is 0 Å². The summed E-state index contributed by atoms with van der Waals surface area (Å²) in [7, 11) is -1.97. The van der Waals surface area contributed by atoms with Gasteiger partial charge in [-0.25, -0.2) is 9.69 Å². The van der Waals surface area contributed by atoms with Crippen molar-refractivity contribution in [3.05, 3.63) is 48.6 Å². The van der Waals surface area contributed by atoms with Crippen LogP contribution in [-0.2, 0) is 14.0 Å². The smallest absolute Gasteiger partial charge is 0.417 e. The Morgan fingerprint density at radius 3 is 2.32 bits per heavy atom. The summed E-state index contributed by atoms with van der Waals surface area (Å²) in [5, 5.41) is 0. The Morgan fingerprint density at radius 1 is 1.20 bits per heavy atom. The van der Waals surface area contributed by atoms with Crippen LogP contribution >= 0.6 is 0 Å². The Bertz CT molecular complexity index is 607. The average Bonchev–Trinajstić information content (AvgIpc) is 2.66. The Kier molecular flexibility index (Phi) is 6.55. The van der Waals surface area contributed by atoms with Gasteiger partial charge in [-0.15, -0.1) is 0 Å². The minimum atomic E-state index is -1.97. The topological polar surface area (TPSA) is 55.8 Å². The summed E-state index contributed by atoms with van der Waals surface area (Å²) >= 11 is 0. The van der Waals surface area contributed by atoms with Gasteiger partial charge in [0.2, 0.25) is 0 Å². The van der Waals surface area contributed by atoms with Gasteiger partial charge in [0.15, 0.2) is 14.4 Å². The molecule has 0 aliphatic carbocycles. The predicted molar refractivity (Wildman–Crippen MR) is 99.6 cm³/mol. The van der Waals surface area contributed by atoms with Gasteiger partial charge in [0, 0.05) is 0 Å². The summed E-state index contributed by atoms with van der Waals surface area (Å²) in [6.45, 7) is 9.97. The Balaban J connectivity index is 2.28. The van der Waals surface area contributed by atoms with Crippen LogP contribution in [-0.4, -0.2) is 37.9 Å². The normalized spacial score (nSPS) is 20.1. The molecule has 1 saturated heterocycles. The van der Waals surface area contributed by atoms with Gasteiger partial charge in [0.25, 0.3) is 5.91 Å². The number of nitrogens with zero attached hydrogens (tertiary/aromatic N) is 1. The Hall–Kier alpha value is -1.92. The van der Waals surface area contributed by atoms with Gasteiger partial charge in [-0.05, 0) is 23.7 Å². The molecular weight excluding hydrogens is 334 g/mol. The van der Waals surface area contributed by atoms with Crippen LogP contribution in [0.25, 0.3) is 0 Å². The third-order valence-electron chi connectivity index (χ3n) is 5.02. The standard InChI is InChI=1S/C19H27NO4Si/c1-5-14-23-19(22)20-16(15-12-10-9-11-13-15)17(18(20)21)24-25(6-2,7-3)8-4/h5,9-13,16-17H,1,6-8,14H2,2-4H3/t16-,17+/m1/s1. The lowest BCUT2D eigenvalue weighted by atomic mass is 9.91. The number of likely N-dealkylation sites (tertiary alicyclic amines) is 1. The summed E-state index contributed by atoms with van der Waals surface area (Å²) in [5.74, 6) is -0.310. The largest absolute Gasteiger partial charge is 0.445 e. The Morgan fingerprint density at radius 2 is 1.80 bits per heavy atom. The SMILES string of the molecule is C=CCOC(=O)N1C(=O)[C@@H](O[Si](CC)(CC)CC)[C@H]1c1ccccc1. The van der Waals surface area contributed by atoms with Crippen LogP contribution in [0.4, 0.5) is 4.79 Å². The van der Waals surface area contributed by atoms with Crippen molar-refractivity contribution in [1.29, 1.82) is 0 Å². The number of ether oxygens (including phenoxy) is 1. The number of hydrogen-bond donors (Lipinski definition) is 0. The molecule has 5 nitrogen and oxygen atoms in total. The summed E-state index contributed by atoms with van der Waals surface area (Å²) in [6, 6.07) is 11.9. The fraction of sp³-hybridized carbons (Fsp3) is 0.474. The number of benzene rings is 1. The van der Waals surface area contributed by atoms with Crippen LogP contribution in [0.2, 0.25) is 18.1 Å². The molecule has 0 bridgehead atoms.